The summed E-state index contributed by atoms with van der Waals surface area (Å²) in [6.45, 7) is 9.08. The second kappa shape index (κ2) is 12.4. The molecule has 0 aromatic heterocycles. The molecule has 47 heavy (non-hydrogen) atoms. The predicted octanol–water partition coefficient (Wildman–Crippen LogP) is 6.98. The van der Waals surface area contributed by atoms with Crippen molar-refractivity contribution in [3.8, 4) is 23.3 Å². The number of alkyl halides is 2. The van der Waals surface area contributed by atoms with Gasteiger partial charge in [-0.25, -0.2) is 4.39 Å². The normalized spacial score (nSPS) is 19.9. The minimum atomic E-state index is -3.77. The standard InChI is InChI=1S/C36H37F3N2O6/c1-33(2,22-43-20-23-8-6-5-7-9-23)13-12-24-16-29(27(37)18-28(24)40-19-26-21-44-34(3,4)45-26)41-32(42)35(14-15-35)25-10-11-30-31(17-25)47-36(38,39)46-30/h5-11,16-18,26,40H,14-15,19-22H2,1-4H3,(H,41,42)/t26-/m1/s1. The van der Waals surface area contributed by atoms with Crippen LogP contribution in [0.25, 0.3) is 0 Å². The molecule has 8 nitrogen and oxygen atoms in total. The number of carbonyl (C=O) groups is 1. The summed E-state index contributed by atoms with van der Waals surface area (Å²) in [4.78, 5) is 13.6. The predicted molar refractivity (Wildman–Crippen MR) is 169 cm³/mol. The van der Waals surface area contributed by atoms with E-state index < -0.39 is 34.6 Å². The summed E-state index contributed by atoms with van der Waals surface area (Å²) in [6.07, 6.45) is -3.11. The van der Waals surface area contributed by atoms with Crippen molar-refractivity contribution in [2.24, 2.45) is 5.41 Å². The molecule has 0 spiro atoms. The summed E-state index contributed by atoms with van der Waals surface area (Å²) < 4.78 is 69.3. The van der Waals surface area contributed by atoms with Crippen LogP contribution in [0.1, 0.15) is 57.2 Å². The van der Waals surface area contributed by atoms with E-state index in [1.165, 1.54) is 24.3 Å². The quantitative estimate of drug-likeness (QED) is 0.229. The number of hydrogen-bond acceptors (Lipinski definition) is 7. The first kappa shape index (κ1) is 32.7. The van der Waals surface area contributed by atoms with Crippen molar-refractivity contribution in [1.82, 2.24) is 0 Å². The molecular formula is C36H37F3N2O6. The summed E-state index contributed by atoms with van der Waals surface area (Å²) in [7, 11) is 0. The molecule has 11 heteroatoms. The molecule has 2 heterocycles. The number of halogens is 3. The van der Waals surface area contributed by atoms with E-state index in [4.69, 9.17) is 14.2 Å². The maximum Gasteiger partial charge on any atom is 0.586 e. The van der Waals surface area contributed by atoms with Crippen molar-refractivity contribution in [3.63, 3.8) is 0 Å². The molecule has 1 amide bonds. The Balaban J connectivity index is 1.21. The Morgan fingerprint density at radius 3 is 2.47 bits per heavy atom. The molecule has 1 saturated carbocycles. The van der Waals surface area contributed by atoms with Gasteiger partial charge in [0.05, 0.1) is 36.6 Å². The van der Waals surface area contributed by atoms with Gasteiger partial charge < -0.3 is 34.3 Å². The Kier molecular flexibility index (Phi) is 8.63. The second-order valence-corrected chi connectivity index (χ2v) is 13.2. The molecule has 0 bridgehead atoms. The van der Waals surface area contributed by atoms with Gasteiger partial charge in [0.1, 0.15) is 11.9 Å². The van der Waals surface area contributed by atoms with Crippen molar-refractivity contribution in [1.29, 1.82) is 0 Å². The van der Waals surface area contributed by atoms with Crippen LogP contribution in [0, 0.1) is 23.1 Å². The lowest BCUT2D eigenvalue weighted by Gasteiger charge is -2.20. The summed E-state index contributed by atoms with van der Waals surface area (Å²) in [5.74, 6) is 4.32. The third-order valence-electron chi connectivity index (χ3n) is 8.19. The maximum atomic E-state index is 15.6. The lowest BCUT2D eigenvalue weighted by atomic mass is 9.94. The van der Waals surface area contributed by atoms with Crippen LogP contribution in [0.2, 0.25) is 0 Å². The number of amides is 1. The molecule has 2 N–H and O–H groups in total. The van der Waals surface area contributed by atoms with E-state index in [1.54, 1.807) is 6.07 Å². The van der Waals surface area contributed by atoms with Gasteiger partial charge in [0, 0.05) is 23.6 Å². The van der Waals surface area contributed by atoms with Crippen LogP contribution in [0.5, 0.6) is 11.5 Å². The van der Waals surface area contributed by atoms with E-state index in [0.717, 1.165) is 5.56 Å². The molecule has 0 unspecified atom stereocenters. The van der Waals surface area contributed by atoms with Crippen molar-refractivity contribution in [2.75, 3.05) is 30.4 Å². The number of hydrogen-bond donors (Lipinski definition) is 2. The fraction of sp³-hybridized carbons (Fsp3) is 0.417. The van der Waals surface area contributed by atoms with Crippen LogP contribution in [0.15, 0.2) is 60.7 Å². The highest BCUT2D eigenvalue weighted by Crippen LogP contribution is 2.52. The lowest BCUT2D eigenvalue weighted by Crippen LogP contribution is -2.28. The van der Waals surface area contributed by atoms with Crippen molar-refractivity contribution >= 4 is 17.3 Å². The van der Waals surface area contributed by atoms with Crippen LogP contribution in [-0.2, 0) is 31.0 Å². The number of benzene rings is 3. The molecule has 0 radical (unpaired) electrons. The number of carbonyl (C=O) groups excluding carboxylic acids is 1. The summed E-state index contributed by atoms with van der Waals surface area (Å²) in [5, 5.41) is 5.96. The topological polar surface area (TPSA) is 87.3 Å². The molecule has 3 aromatic carbocycles. The SMILES string of the molecule is CC(C)(C#Cc1cc(NC(=O)C2(c3ccc4c(c3)OC(F)(F)O4)CC2)c(F)cc1NC[C@@H]1COC(C)(C)O1)COCc1ccccc1. The smallest absolute Gasteiger partial charge is 0.395 e. The van der Waals surface area contributed by atoms with E-state index in [0.29, 0.717) is 56.0 Å². The van der Waals surface area contributed by atoms with Gasteiger partial charge in [0.15, 0.2) is 17.3 Å². The van der Waals surface area contributed by atoms with Crippen molar-refractivity contribution < 1.29 is 41.7 Å². The second-order valence-electron chi connectivity index (χ2n) is 13.2. The monoisotopic (exact) mass is 650 g/mol. The highest BCUT2D eigenvalue weighted by Gasteiger charge is 2.53. The van der Waals surface area contributed by atoms with Crippen LogP contribution in [0.3, 0.4) is 0 Å². The van der Waals surface area contributed by atoms with Gasteiger partial charge in [-0.2, -0.15) is 0 Å². The molecule has 2 fully saturated rings. The van der Waals surface area contributed by atoms with Crippen molar-refractivity contribution in [3.05, 3.63) is 83.2 Å². The molecule has 6 rings (SSSR count). The molecule has 1 aliphatic carbocycles. The van der Waals surface area contributed by atoms with E-state index in [-0.39, 0.29) is 23.3 Å². The van der Waals surface area contributed by atoms with Crippen LogP contribution in [0.4, 0.5) is 24.5 Å². The average molecular weight is 651 g/mol. The minimum Gasteiger partial charge on any atom is -0.395 e. The van der Waals surface area contributed by atoms with Crippen LogP contribution < -0.4 is 20.1 Å². The molecule has 3 aromatic rings. The zero-order chi connectivity index (χ0) is 33.5. The Bertz CT molecular complexity index is 1710. The third kappa shape index (κ3) is 7.67. The molecular weight excluding hydrogens is 613 g/mol. The number of ether oxygens (including phenoxy) is 5. The van der Waals surface area contributed by atoms with Crippen LogP contribution in [-0.4, -0.2) is 43.9 Å². The fourth-order valence-electron chi connectivity index (χ4n) is 5.54. The van der Waals surface area contributed by atoms with E-state index in [9.17, 15) is 13.6 Å². The first-order valence-corrected chi connectivity index (χ1v) is 15.5. The van der Waals surface area contributed by atoms with Gasteiger partial charge in [-0.1, -0.05) is 48.2 Å². The number of rotatable bonds is 10. The highest BCUT2D eigenvalue weighted by molar-refractivity contribution is 6.02. The largest absolute Gasteiger partial charge is 0.586 e. The van der Waals surface area contributed by atoms with E-state index in [2.05, 4.69) is 31.9 Å². The molecule has 248 valence electrons. The molecule has 3 aliphatic rings. The minimum absolute atomic E-state index is 0.0527. The molecule has 1 saturated heterocycles. The van der Waals surface area contributed by atoms with E-state index >= 15 is 4.39 Å². The average Bonchev–Trinajstić information content (AvgIpc) is 3.66. The Morgan fingerprint density at radius 1 is 1.02 bits per heavy atom. The Hall–Kier alpha value is -4.24. The number of anilines is 2. The van der Waals surface area contributed by atoms with Gasteiger partial charge in [0.25, 0.3) is 0 Å². The fourth-order valence-corrected chi connectivity index (χ4v) is 5.54. The number of fused-ring (bicyclic) bond motifs is 1. The summed E-state index contributed by atoms with van der Waals surface area (Å²) in [5.41, 5.74) is 0.804. The third-order valence-corrected chi connectivity index (χ3v) is 8.19. The summed E-state index contributed by atoms with van der Waals surface area (Å²) in [6, 6.07) is 16.9. The highest BCUT2D eigenvalue weighted by atomic mass is 19.3. The first-order valence-electron chi connectivity index (χ1n) is 15.5. The Morgan fingerprint density at radius 2 is 1.77 bits per heavy atom. The maximum absolute atomic E-state index is 15.6. The summed E-state index contributed by atoms with van der Waals surface area (Å²) >= 11 is 0. The lowest BCUT2D eigenvalue weighted by molar-refractivity contribution is -0.286. The van der Waals surface area contributed by atoms with Gasteiger partial charge in [-0.05, 0) is 69.9 Å². The van der Waals surface area contributed by atoms with Gasteiger partial charge in [-0.3, -0.25) is 4.79 Å². The zero-order valence-electron chi connectivity index (χ0n) is 26.7. The van der Waals surface area contributed by atoms with Crippen molar-refractivity contribution in [2.45, 2.75) is 70.7 Å². The van der Waals surface area contributed by atoms with Gasteiger partial charge in [0.2, 0.25) is 5.91 Å². The first-order chi connectivity index (χ1) is 22.2. The van der Waals surface area contributed by atoms with E-state index in [1.807, 2.05) is 58.0 Å². The molecule has 1 atom stereocenters. The van der Waals surface area contributed by atoms with Crippen LogP contribution >= 0.6 is 0 Å². The molecule has 2 aliphatic heterocycles. The Labute approximate surface area is 271 Å². The van der Waals surface area contributed by atoms with Gasteiger partial charge in [-0.15, -0.1) is 8.78 Å². The zero-order valence-corrected chi connectivity index (χ0v) is 26.7. The number of nitrogens with one attached hydrogen (secondary N) is 2. The van der Waals surface area contributed by atoms with Gasteiger partial charge >= 0.3 is 6.29 Å².